The van der Waals surface area contributed by atoms with Crippen LogP contribution in [0.2, 0.25) is 0 Å². The third-order valence-corrected chi connectivity index (χ3v) is 3.59. The maximum absolute atomic E-state index is 13.0. The number of H-pyrrole nitrogens is 1. The number of ether oxygens (including phenoxy) is 1. The molecule has 2 N–H and O–H groups in total. The van der Waals surface area contributed by atoms with Gasteiger partial charge in [0.1, 0.15) is 18.2 Å². The summed E-state index contributed by atoms with van der Waals surface area (Å²) in [5, 5.41) is 2.62. The van der Waals surface area contributed by atoms with E-state index in [2.05, 4.69) is 15.3 Å². The van der Waals surface area contributed by atoms with E-state index in [1.165, 1.54) is 36.7 Å². The zero-order valence-electron chi connectivity index (χ0n) is 14.0. The number of aryl methyl sites for hydroxylation is 1. The molecule has 0 saturated heterocycles. The number of anilines is 1. The summed E-state index contributed by atoms with van der Waals surface area (Å²) in [6, 6.07) is 10.7. The number of amides is 1. The van der Waals surface area contributed by atoms with E-state index in [0.717, 1.165) is 5.69 Å². The summed E-state index contributed by atoms with van der Waals surface area (Å²) < 4.78 is 18.7. The number of carbonyl (C=O) groups excluding carboxylic acids is 1. The lowest BCUT2D eigenvalue weighted by molar-refractivity contribution is 0.102. The van der Waals surface area contributed by atoms with Crippen LogP contribution in [0.5, 0.6) is 11.5 Å². The van der Waals surface area contributed by atoms with Crippen molar-refractivity contribution in [3.63, 3.8) is 0 Å². The maximum atomic E-state index is 13.0. The third kappa shape index (κ3) is 4.13. The second kappa shape index (κ2) is 7.60. The summed E-state index contributed by atoms with van der Waals surface area (Å²) in [7, 11) is 0. The molecule has 0 spiro atoms. The highest BCUT2D eigenvalue weighted by Gasteiger charge is 2.15. The zero-order valence-corrected chi connectivity index (χ0v) is 14.0. The Bertz CT molecular complexity index is 984. The molecule has 3 aromatic rings. The molecule has 1 aromatic carbocycles. The normalized spacial score (nSPS) is 10.4. The van der Waals surface area contributed by atoms with Crippen molar-refractivity contribution >= 4 is 11.6 Å². The lowest BCUT2D eigenvalue weighted by Gasteiger charge is -2.12. The minimum atomic E-state index is -0.682. The van der Waals surface area contributed by atoms with Crippen molar-refractivity contribution in [2.75, 3.05) is 5.32 Å². The van der Waals surface area contributed by atoms with Crippen LogP contribution in [0.25, 0.3) is 0 Å². The molecular weight excluding hydrogens is 337 g/mol. The average molecular weight is 353 g/mol. The molecule has 26 heavy (non-hydrogen) atoms. The largest absolute Gasteiger partial charge is 0.455 e. The standard InChI is InChI=1S/C19H16FN3O3/c1-12-2-4-15(11-22-12)26-17-8-13(10-20)3-5-16(17)19(25)23-14-6-7-21-18(24)9-14/h2-9,11H,10H2,1H3,(H2,21,23,24,25). The number of hydrogen-bond acceptors (Lipinski definition) is 4. The molecule has 0 aliphatic carbocycles. The van der Waals surface area contributed by atoms with Crippen LogP contribution in [0.15, 0.2) is 59.7 Å². The number of rotatable bonds is 5. The Morgan fingerprint density at radius 2 is 2.08 bits per heavy atom. The van der Waals surface area contributed by atoms with Crippen LogP contribution in [0, 0.1) is 6.92 Å². The van der Waals surface area contributed by atoms with Gasteiger partial charge in [-0.3, -0.25) is 14.6 Å². The lowest BCUT2D eigenvalue weighted by Crippen LogP contribution is -2.15. The Labute approximate surface area is 148 Å². The van der Waals surface area contributed by atoms with Crippen molar-refractivity contribution in [3.8, 4) is 11.5 Å². The molecule has 0 aliphatic rings. The van der Waals surface area contributed by atoms with E-state index in [-0.39, 0.29) is 16.9 Å². The highest BCUT2D eigenvalue weighted by molar-refractivity contribution is 6.06. The predicted octanol–water partition coefficient (Wildman–Crippen LogP) is 3.59. The second-order valence-electron chi connectivity index (χ2n) is 5.60. The summed E-state index contributed by atoms with van der Waals surface area (Å²) >= 11 is 0. The van der Waals surface area contributed by atoms with Gasteiger partial charge in [-0.15, -0.1) is 0 Å². The van der Waals surface area contributed by atoms with Gasteiger partial charge < -0.3 is 15.0 Å². The first kappa shape index (κ1) is 17.3. The molecule has 2 heterocycles. The van der Waals surface area contributed by atoms with Gasteiger partial charge in [0.25, 0.3) is 5.91 Å². The van der Waals surface area contributed by atoms with Gasteiger partial charge in [0.15, 0.2) is 0 Å². The van der Waals surface area contributed by atoms with Gasteiger partial charge in [-0.2, -0.15) is 0 Å². The van der Waals surface area contributed by atoms with Crippen LogP contribution in [0.4, 0.5) is 10.1 Å². The van der Waals surface area contributed by atoms with Gasteiger partial charge in [0.2, 0.25) is 5.56 Å². The second-order valence-corrected chi connectivity index (χ2v) is 5.60. The Balaban J connectivity index is 1.91. The van der Waals surface area contributed by atoms with Crippen molar-refractivity contribution in [2.24, 2.45) is 0 Å². The first-order valence-electron chi connectivity index (χ1n) is 7.84. The molecule has 2 aromatic heterocycles. The van der Waals surface area contributed by atoms with Crippen molar-refractivity contribution < 1.29 is 13.9 Å². The summed E-state index contributed by atoms with van der Waals surface area (Å²) in [6.45, 7) is 1.16. The number of halogens is 1. The van der Waals surface area contributed by atoms with E-state index in [9.17, 15) is 14.0 Å². The Kier molecular flexibility index (Phi) is 5.07. The fourth-order valence-corrected chi connectivity index (χ4v) is 2.28. The Morgan fingerprint density at radius 1 is 1.23 bits per heavy atom. The fraction of sp³-hybridized carbons (Fsp3) is 0.105. The van der Waals surface area contributed by atoms with Crippen molar-refractivity contribution in [1.29, 1.82) is 0 Å². The zero-order chi connectivity index (χ0) is 18.5. The third-order valence-electron chi connectivity index (χ3n) is 3.59. The first-order chi connectivity index (χ1) is 12.5. The number of alkyl halides is 1. The number of hydrogen-bond donors (Lipinski definition) is 2. The summed E-state index contributed by atoms with van der Waals surface area (Å²) in [5.74, 6) is 0.154. The molecule has 1 amide bonds. The molecule has 0 unspecified atom stereocenters. The number of nitrogens with zero attached hydrogens (tertiary/aromatic N) is 1. The number of carbonyl (C=O) groups is 1. The summed E-state index contributed by atoms with van der Waals surface area (Å²) in [4.78, 5) is 30.5. The lowest BCUT2D eigenvalue weighted by atomic mass is 10.1. The van der Waals surface area contributed by atoms with E-state index < -0.39 is 12.6 Å². The Morgan fingerprint density at radius 3 is 2.77 bits per heavy atom. The minimum absolute atomic E-state index is 0.202. The van der Waals surface area contributed by atoms with Gasteiger partial charge in [0, 0.05) is 23.6 Å². The highest BCUT2D eigenvalue weighted by atomic mass is 19.1. The maximum Gasteiger partial charge on any atom is 0.259 e. The molecule has 7 heteroatoms. The van der Waals surface area contributed by atoms with E-state index in [4.69, 9.17) is 4.74 Å². The van der Waals surface area contributed by atoms with E-state index in [1.54, 1.807) is 18.2 Å². The van der Waals surface area contributed by atoms with Gasteiger partial charge >= 0.3 is 0 Å². The van der Waals surface area contributed by atoms with E-state index in [0.29, 0.717) is 17.0 Å². The van der Waals surface area contributed by atoms with Crippen LogP contribution >= 0.6 is 0 Å². The monoisotopic (exact) mass is 353 g/mol. The van der Waals surface area contributed by atoms with Crippen molar-refractivity contribution in [2.45, 2.75) is 13.6 Å². The molecule has 6 nitrogen and oxygen atoms in total. The summed E-state index contributed by atoms with van der Waals surface area (Å²) in [5.41, 5.74) is 1.42. The van der Waals surface area contributed by atoms with Gasteiger partial charge in [-0.25, -0.2) is 4.39 Å². The first-order valence-corrected chi connectivity index (χ1v) is 7.84. The molecule has 0 saturated carbocycles. The molecule has 3 rings (SSSR count). The van der Waals surface area contributed by atoms with Crippen molar-refractivity contribution in [3.05, 3.63) is 82.0 Å². The van der Waals surface area contributed by atoms with Crippen LogP contribution < -0.4 is 15.6 Å². The SMILES string of the molecule is Cc1ccc(Oc2cc(CF)ccc2C(=O)Nc2cc[nH]c(=O)c2)cn1. The quantitative estimate of drug-likeness (QED) is 0.734. The number of aromatic amines is 1. The molecule has 0 atom stereocenters. The number of pyridine rings is 2. The molecule has 0 bridgehead atoms. The molecule has 0 aliphatic heterocycles. The average Bonchev–Trinajstić information content (AvgIpc) is 2.63. The summed E-state index contributed by atoms with van der Waals surface area (Å²) in [6.07, 6.45) is 2.95. The number of benzene rings is 1. The van der Waals surface area contributed by atoms with Gasteiger partial charge in [-0.05, 0) is 42.8 Å². The minimum Gasteiger partial charge on any atom is -0.455 e. The Hall–Kier alpha value is -3.48. The van der Waals surface area contributed by atoms with Crippen molar-refractivity contribution in [1.82, 2.24) is 9.97 Å². The predicted molar refractivity (Wildman–Crippen MR) is 95.3 cm³/mol. The van der Waals surface area contributed by atoms with Crippen LogP contribution in [-0.2, 0) is 6.67 Å². The molecule has 132 valence electrons. The van der Waals surface area contributed by atoms with Crippen LogP contribution in [0.1, 0.15) is 21.6 Å². The fourth-order valence-electron chi connectivity index (χ4n) is 2.28. The van der Waals surface area contributed by atoms with Crippen LogP contribution in [-0.4, -0.2) is 15.9 Å². The van der Waals surface area contributed by atoms with Gasteiger partial charge in [0.05, 0.1) is 11.8 Å². The van der Waals surface area contributed by atoms with Gasteiger partial charge in [-0.1, -0.05) is 6.07 Å². The topological polar surface area (TPSA) is 84.1 Å². The number of nitrogens with one attached hydrogen (secondary N) is 2. The molecular formula is C19H16FN3O3. The number of aromatic nitrogens is 2. The highest BCUT2D eigenvalue weighted by Crippen LogP contribution is 2.27. The molecule has 0 fully saturated rings. The van der Waals surface area contributed by atoms with Crippen LogP contribution in [0.3, 0.4) is 0 Å². The van der Waals surface area contributed by atoms with E-state index in [1.807, 2.05) is 6.92 Å². The van der Waals surface area contributed by atoms with E-state index >= 15 is 0 Å². The smallest absolute Gasteiger partial charge is 0.259 e. The molecule has 0 radical (unpaired) electrons.